The van der Waals surface area contributed by atoms with Crippen molar-refractivity contribution < 1.29 is 47.4 Å². The van der Waals surface area contributed by atoms with E-state index in [1.165, 1.54) is 48.5 Å². The number of urea groups is 2. The minimum atomic E-state index is -4.62. The van der Waals surface area contributed by atoms with Gasteiger partial charge in [0, 0.05) is 49.4 Å². The first-order valence-corrected chi connectivity index (χ1v) is 22.8. The molecule has 0 saturated carbocycles. The number of phenolic OH excluding ortho intramolecular Hbond substituents is 2. The molecule has 0 aliphatic heterocycles. The fourth-order valence-electron chi connectivity index (χ4n) is 7.71. The number of carbonyl (C=O) groups excluding carboxylic acids is 5. The number of ketones is 1. The van der Waals surface area contributed by atoms with Gasteiger partial charge in [0.15, 0.2) is 5.78 Å². The van der Waals surface area contributed by atoms with Crippen LogP contribution in [0.1, 0.15) is 42.2 Å². The number of alkyl halides is 3. The van der Waals surface area contributed by atoms with E-state index in [-0.39, 0.29) is 45.5 Å². The van der Waals surface area contributed by atoms with Crippen molar-refractivity contribution in [3.8, 4) is 22.6 Å². The predicted octanol–water partition coefficient (Wildman–Crippen LogP) is 14.7. The van der Waals surface area contributed by atoms with Crippen LogP contribution < -0.4 is 21.3 Å². The Morgan fingerprint density at radius 2 is 0.880 bits per heavy atom. The maximum absolute atomic E-state index is 13.5. The van der Waals surface area contributed by atoms with E-state index in [2.05, 4.69) is 41.7 Å². The standard InChI is InChI=1S/C56H36ClF3N8O7/c57-40-4-2-6-44(30-40)62-55(75)64-53(73)38-16-24-46-36(28-38)18-26-48(70)50(46)68-66-42-21-13-34(14-22-42)51(71)33-9-7-31(8-10-33)32-11-19-41(20-12-32)65-67-49-45-23-15-37(27-35(45)17-25-47(49)69)52(72)63-54(74)61-43-5-1-3-39(29-43)56(58,59)60/h1-30,69-70H,(H2,61,63,72,74)(H2,62,64,73,75). The molecule has 0 bridgehead atoms. The summed E-state index contributed by atoms with van der Waals surface area (Å²) in [7, 11) is 0. The highest BCUT2D eigenvalue weighted by atomic mass is 35.5. The number of amides is 6. The quantitative estimate of drug-likeness (QED) is 0.0542. The van der Waals surface area contributed by atoms with Gasteiger partial charge in [-0.2, -0.15) is 23.4 Å². The van der Waals surface area contributed by atoms with Gasteiger partial charge in [0.05, 0.1) is 16.9 Å². The van der Waals surface area contributed by atoms with E-state index in [0.717, 1.165) is 29.3 Å². The van der Waals surface area contributed by atoms with Gasteiger partial charge >= 0.3 is 18.2 Å². The van der Waals surface area contributed by atoms with Gasteiger partial charge in [-0.3, -0.25) is 25.0 Å². The Morgan fingerprint density at radius 3 is 1.36 bits per heavy atom. The molecule has 0 aliphatic rings. The number of nitrogens with one attached hydrogen (secondary N) is 4. The molecule has 0 radical (unpaired) electrons. The highest BCUT2D eigenvalue weighted by Crippen LogP contribution is 2.39. The van der Waals surface area contributed by atoms with E-state index in [9.17, 15) is 47.4 Å². The van der Waals surface area contributed by atoms with Gasteiger partial charge in [-0.05, 0) is 131 Å². The summed E-state index contributed by atoms with van der Waals surface area (Å²) in [5, 5.41) is 50.0. The largest absolute Gasteiger partial charge is 0.506 e. The Labute approximate surface area is 428 Å². The highest BCUT2D eigenvalue weighted by molar-refractivity contribution is 6.31. The van der Waals surface area contributed by atoms with E-state index in [1.54, 1.807) is 91.0 Å². The van der Waals surface area contributed by atoms with E-state index >= 15 is 0 Å². The third-order valence-corrected chi connectivity index (χ3v) is 11.7. The van der Waals surface area contributed by atoms with Crippen molar-refractivity contribution in [2.24, 2.45) is 20.5 Å². The molecule has 6 amide bonds. The minimum absolute atomic E-state index is 0.0597. The first kappa shape index (κ1) is 49.9. The molecule has 15 nitrogen and oxygen atoms in total. The lowest BCUT2D eigenvalue weighted by atomic mass is 9.99. The fourth-order valence-corrected chi connectivity index (χ4v) is 7.90. The van der Waals surface area contributed by atoms with E-state index in [1.807, 2.05) is 24.3 Å². The number of nitrogens with zero attached hydrogens (tertiary/aromatic N) is 4. The zero-order valence-electron chi connectivity index (χ0n) is 38.6. The van der Waals surface area contributed by atoms with Gasteiger partial charge < -0.3 is 20.8 Å². The Bertz CT molecular complexity index is 3800. The molecule has 9 aromatic rings. The SMILES string of the molecule is O=C(NC(=O)c1ccc2c(N=Nc3ccc(C(=O)c4ccc(-c5ccc(N=Nc6c(O)ccc7cc(C(=O)NC(=O)Nc8cccc(C(F)(F)F)c8)ccc67)cc5)cc4)cc3)c(O)ccc2c1)Nc1cccc(Cl)c1. The van der Waals surface area contributed by atoms with Crippen molar-refractivity contribution in [3.05, 3.63) is 215 Å². The smallest absolute Gasteiger partial charge is 0.416 e. The van der Waals surface area contributed by atoms with Gasteiger partial charge in [-0.1, -0.05) is 84.4 Å². The van der Waals surface area contributed by atoms with Gasteiger partial charge in [0.25, 0.3) is 11.8 Å². The number of phenols is 2. The summed E-state index contributed by atoms with van der Waals surface area (Å²) < 4.78 is 39.2. The molecule has 6 N–H and O–H groups in total. The highest BCUT2D eigenvalue weighted by Gasteiger charge is 2.30. The summed E-state index contributed by atoms with van der Waals surface area (Å²) in [6.07, 6.45) is -4.62. The second-order valence-electron chi connectivity index (χ2n) is 16.5. The van der Waals surface area contributed by atoms with Crippen LogP contribution in [0.5, 0.6) is 11.5 Å². The van der Waals surface area contributed by atoms with Crippen molar-refractivity contribution in [2.75, 3.05) is 10.6 Å². The van der Waals surface area contributed by atoms with Crippen molar-refractivity contribution >= 4 is 96.9 Å². The number of halogens is 4. The molecule has 0 atom stereocenters. The van der Waals surface area contributed by atoms with Gasteiger partial charge in [-0.25, -0.2) is 9.59 Å². The number of hydrogen-bond donors (Lipinski definition) is 6. The van der Waals surface area contributed by atoms with Crippen molar-refractivity contribution in [1.82, 2.24) is 10.6 Å². The number of azo groups is 2. The third-order valence-electron chi connectivity index (χ3n) is 11.5. The predicted molar refractivity (Wildman–Crippen MR) is 277 cm³/mol. The normalized spacial score (nSPS) is 11.5. The van der Waals surface area contributed by atoms with Crippen LogP contribution in [0.4, 0.5) is 56.9 Å². The van der Waals surface area contributed by atoms with Crippen LogP contribution in [0.3, 0.4) is 0 Å². The van der Waals surface area contributed by atoms with Crippen LogP contribution >= 0.6 is 11.6 Å². The summed E-state index contributed by atoms with van der Waals surface area (Å²) in [5.74, 6) is -2.04. The number of carbonyl (C=O) groups is 5. The Morgan fingerprint density at radius 1 is 0.453 bits per heavy atom. The lowest BCUT2D eigenvalue weighted by Gasteiger charge is -2.11. The van der Waals surface area contributed by atoms with Crippen LogP contribution in [0.25, 0.3) is 32.7 Å². The molecule has 0 fully saturated rings. The summed E-state index contributed by atoms with van der Waals surface area (Å²) in [5.41, 5.74) is 3.15. The molecule has 370 valence electrons. The number of fused-ring (bicyclic) bond motifs is 2. The second-order valence-corrected chi connectivity index (χ2v) is 17.0. The molecule has 0 aromatic heterocycles. The Kier molecular flexibility index (Phi) is 14.2. The molecule has 9 aromatic carbocycles. The Balaban J connectivity index is 0.802. The minimum Gasteiger partial charge on any atom is -0.506 e. The van der Waals surface area contributed by atoms with Crippen LogP contribution in [0.2, 0.25) is 5.02 Å². The number of benzene rings is 9. The fraction of sp³-hybridized carbons (Fsp3) is 0.0179. The van der Waals surface area contributed by atoms with Crippen molar-refractivity contribution in [1.29, 1.82) is 0 Å². The Hall–Kier alpha value is -10.1. The lowest BCUT2D eigenvalue weighted by molar-refractivity contribution is -0.137. The molecule has 19 heteroatoms. The maximum atomic E-state index is 13.5. The second kappa shape index (κ2) is 21.3. The van der Waals surface area contributed by atoms with Crippen LogP contribution in [0.15, 0.2) is 202 Å². The summed E-state index contributed by atoms with van der Waals surface area (Å²) in [6, 6.07) is 44.2. The average Bonchev–Trinajstić information content (AvgIpc) is 3.40. The van der Waals surface area contributed by atoms with Crippen LogP contribution in [-0.4, -0.2) is 39.9 Å². The maximum Gasteiger partial charge on any atom is 0.416 e. The molecule has 9 rings (SSSR count). The summed E-state index contributed by atoms with van der Waals surface area (Å²) in [6.45, 7) is 0. The topological polar surface area (TPSA) is 223 Å². The van der Waals surface area contributed by atoms with Crippen molar-refractivity contribution in [3.63, 3.8) is 0 Å². The molecule has 0 aliphatic carbocycles. The average molecular weight is 1030 g/mol. The zero-order chi connectivity index (χ0) is 52.8. The molecule has 0 saturated heterocycles. The third kappa shape index (κ3) is 11.8. The van der Waals surface area contributed by atoms with Crippen LogP contribution in [-0.2, 0) is 6.18 Å². The van der Waals surface area contributed by atoms with Gasteiger partial charge in [0.2, 0.25) is 0 Å². The molecule has 0 spiro atoms. The summed E-state index contributed by atoms with van der Waals surface area (Å²) >= 11 is 5.97. The monoisotopic (exact) mass is 1020 g/mol. The molecule has 75 heavy (non-hydrogen) atoms. The van der Waals surface area contributed by atoms with E-state index < -0.39 is 35.6 Å². The first-order chi connectivity index (χ1) is 36.0. The van der Waals surface area contributed by atoms with Gasteiger partial charge in [-0.15, -0.1) is 10.2 Å². The van der Waals surface area contributed by atoms with Crippen molar-refractivity contribution in [2.45, 2.75) is 6.18 Å². The molecule has 0 unspecified atom stereocenters. The number of rotatable bonds is 11. The number of imide groups is 2. The number of hydrogen-bond acceptors (Lipinski definition) is 11. The zero-order valence-corrected chi connectivity index (χ0v) is 39.3. The van der Waals surface area contributed by atoms with Gasteiger partial charge in [0.1, 0.15) is 22.9 Å². The number of anilines is 2. The van der Waals surface area contributed by atoms with E-state index in [4.69, 9.17) is 11.6 Å². The first-order valence-electron chi connectivity index (χ1n) is 22.4. The molecular formula is C56H36ClF3N8O7. The number of aromatic hydroxyl groups is 2. The molecule has 0 heterocycles. The molecular weight excluding hydrogens is 989 g/mol. The van der Waals surface area contributed by atoms with Crippen LogP contribution in [0, 0.1) is 0 Å². The lowest BCUT2D eigenvalue weighted by Crippen LogP contribution is -2.34. The summed E-state index contributed by atoms with van der Waals surface area (Å²) in [4.78, 5) is 64.1. The van der Waals surface area contributed by atoms with E-state index in [0.29, 0.717) is 54.8 Å².